The van der Waals surface area contributed by atoms with Gasteiger partial charge in [0.15, 0.2) is 0 Å². The van der Waals surface area contributed by atoms with Crippen molar-refractivity contribution in [2.45, 2.75) is 58.3 Å². The topological polar surface area (TPSA) is 17.1 Å². The summed E-state index contributed by atoms with van der Waals surface area (Å²) in [6, 6.07) is 0. The predicted octanol–water partition coefficient (Wildman–Crippen LogP) is 3.33. The fourth-order valence-corrected chi connectivity index (χ4v) is 2.01. The van der Waals surface area contributed by atoms with E-state index in [1.54, 1.807) is 0 Å². The van der Waals surface area contributed by atoms with Gasteiger partial charge in [0.1, 0.15) is 5.78 Å². The van der Waals surface area contributed by atoms with Crippen LogP contribution in [0.2, 0.25) is 0 Å². The van der Waals surface area contributed by atoms with Crippen LogP contribution in [-0.4, -0.2) is 5.78 Å². The average molecular weight is 168 g/mol. The Kier molecular flexibility index (Phi) is 4.34. The van der Waals surface area contributed by atoms with Crippen molar-refractivity contribution in [2.75, 3.05) is 0 Å². The Hall–Kier alpha value is -0.330. The van der Waals surface area contributed by atoms with Gasteiger partial charge >= 0.3 is 0 Å². The summed E-state index contributed by atoms with van der Waals surface area (Å²) in [6.45, 7) is 2.22. The van der Waals surface area contributed by atoms with Crippen LogP contribution in [0, 0.1) is 5.92 Å². The lowest BCUT2D eigenvalue weighted by Gasteiger charge is -2.05. The monoisotopic (exact) mass is 168 g/mol. The number of hydrogen-bond donors (Lipinski definition) is 0. The van der Waals surface area contributed by atoms with E-state index < -0.39 is 0 Å². The Morgan fingerprint density at radius 2 is 2.17 bits per heavy atom. The van der Waals surface area contributed by atoms with E-state index in [1.165, 1.54) is 38.5 Å². The second-order valence-electron chi connectivity index (χ2n) is 3.90. The molecule has 0 bridgehead atoms. The lowest BCUT2D eigenvalue weighted by Crippen LogP contribution is -2.05. The summed E-state index contributed by atoms with van der Waals surface area (Å²) in [5, 5.41) is 0. The molecule has 0 amide bonds. The highest BCUT2D eigenvalue weighted by atomic mass is 16.1. The van der Waals surface area contributed by atoms with E-state index in [0.29, 0.717) is 11.7 Å². The fraction of sp³-hybridized carbons (Fsp3) is 0.909. The number of Topliss-reactive ketones (excluding diaryl/α,β-unsaturated/α-hetero) is 1. The van der Waals surface area contributed by atoms with Crippen LogP contribution in [0.3, 0.4) is 0 Å². The minimum Gasteiger partial charge on any atom is -0.299 e. The predicted molar refractivity (Wildman–Crippen MR) is 51.1 cm³/mol. The van der Waals surface area contributed by atoms with Crippen LogP contribution in [0.5, 0.6) is 0 Å². The molecule has 0 heterocycles. The number of unbranched alkanes of at least 4 members (excludes halogenated alkanes) is 3. The van der Waals surface area contributed by atoms with Crippen molar-refractivity contribution in [1.82, 2.24) is 0 Å². The molecule has 70 valence electrons. The van der Waals surface area contributed by atoms with Gasteiger partial charge in [0.05, 0.1) is 0 Å². The van der Waals surface area contributed by atoms with Gasteiger partial charge in [-0.05, 0) is 19.3 Å². The first kappa shape index (κ1) is 9.76. The first-order valence-electron chi connectivity index (χ1n) is 5.37. The van der Waals surface area contributed by atoms with Gasteiger partial charge in [0.25, 0.3) is 0 Å². The van der Waals surface area contributed by atoms with E-state index in [-0.39, 0.29) is 0 Å². The van der Waals surface area contributed by atoms with Gasteiger partial charge in [0.2, 0.25) is 0 Å². The van der Waals surface area contributed by atoms with Crippen molar-refractivity contribution in [3.8, 4) is 0 Å². The number of rotatable bonds is 5. The quantitative estimate of drug-likeness (QED) is 0.575. The van der Waals surface area contributed by atoms with Crippen molar-refractivity contribution >= 4 is 5.78 Å². The number of carbonyl (C=O) groups is 1. The molecule has 1 aliphatic rings. The largest absolute Gasteiger partial charge is 0.299 e. The second kappa shape index (κ2) is 5.34. The molecule has 0 spiro atoms. The lowest BCUT2D eigenvalue weighted by molar-refractivity contribution is -0.120. The number of ketones is 1. The molecule has 0 aromatic heterocycles. The minimum atomic E-state index is 0.446. The van der Waals surface area contributed by atoms with E-state index in [0.717, 1.165) is 12.8 Å². The zero-order valence-corrected chi connectivity index (χ0v) is 8.14. The zero-order chi connectivity index (χ0) is 8.81. The Balaban J connectivity index is 2.02. The maximum absolute atomic E-state index is 11.2. The Labute approximate surface area is 75.5 Å². The Morgan fingerprint density at radius 3 is 2.75 bits per heavy atom. The fourth-order valence-electron chi connectivity index (χ4n) is 2.01. The Morgan fingerprint density at radius 1 is 1.33 bits per heavy atom. The maximum Gasteiger partial charge on any atom is 0.135 e. The van der Waals surface area contributed by atoms with Gasteiger partial charge < -0.3 is 0 Å². The van der Waals surface area contributed by atoms with Crippen molar-refractivity contribution in [3.05, 3.63) is 0 Å². The summed E-state index contributed by atoms with van der Waals surface area (Å²) >= 11 is 0. The molecule has 0 radical (unpaired) electrons. The number of carbonyl (C=O) groups excluding carboxylic acids is 1. The van der Waals surface area contributed by atoms with Crippen LogP contribution >= 0.6 is 0 Å². The molecule has 1 saturated carbocycles. The highest BCUT2D eigenvalue weighted by Crippen LogP contribution is 2.26. The summed E-state index contributed by atoms with van der Waals surface area (Å²) in [5.74, 6) is 0.980. The van der Waals surface area contributed by atoms with E-state index in [4.69, 9.17) is 0 Å². The van der Waals surface area contributed by atoms with Gasteiger partial charge in [-0.3, -0.25) is 4.79 Å². The molecule has 1 atom stereocenters. The molecule has 0 aromatic carbocycles. The van der Waals surface area contributed by atoms with Gasteiger partial charge in [-0.1, -0.05) is 32.6 Å². The normalized spacial score (nSPS) is 23.4. The summed E-state index contributed by atoms with van der Waals surface area (Å²) in [7, 11) is 0. The summed E-state index contributed by atoms with van der Waals surface area (Å²) in [5.41, 5.74) is 0. The lowest BCUT2D eigenvalue weighted by atomic mass is 9.99. The minimum absolute atomic E-state index is 0.446. The molecular formula is C11H20O. The van der Waals surface area contributed by atoms with Crippen molar-refractivity contribution in [2.24, 2.45) is 5.92 Å². The molecule has 0 aromatic rings. The molecule has 12 heavy (non-hydrogen) atoms. The third-order valence-electron chi connectivity index (χ3n) is 2.84. The molecule has 0 unspecified atom stereocenters. The van der Waals surface area contributed by atoms with E-state index in [1.807, 2.05) is 0 Å². The molecule has 0 saturated heterocycles. The molecule has 0 aliphatic heterocycles. The van der Waals surface area contributed by atoms with Crippen LogP contribution in [0.1, 0.15) is 58.3 Å². The second-order valence-corrected chi connectivity index (χ2v) is 3.90. The molecule has 1 rings (SSSR count). The van der Waals surface area contributed by atoms with Gasteiger partial charge in [-0.15, -0.1) is 0 Å². The highest BCUT2D eigenvalue weighted by Gasteiger charge is 2.23. The standard InChI is InChI=1S/C11H20O/c1-2-3-4-5-7-10-8-6-9-11(10)12/h10H,2-9H2,1H3/t10-/m0/s1. The highest BCUT2D eigenvalue weighted by molar-refractivity contribution is 5.82. The van der Waals surface area contributed by atoms with Gasteiger partial charge in [-0.25, -0.2) is 0 Å². The number of hydrogen-bond acceptors (Lipinski definition) is 1. The summed E-state index contributed by atoms with van der Waals surface area (Å²) in [4.78, 5) is 11.2. The van der Waals surface area contributed by atoms with Crippen LogP contribution in [0.4, 0.5) is 0 Å². The van der Waals surface area contributed by atoms with Crippen molar-refractivity contribution in [3.63, 3.8) is 0 Å². The van der Waals surface area contributed by atoms with E-state index in [9.17, 15) is 4.79 Å². The first-order chi connectivity index (χ1) is 5.84. The van der Waals surface area contributed by atoms with Gasteiger partial charge in [0, 0.05) is 12.3 Å². The molecular weight excluding hydrogens is 148 g/mol. The molecule has 0 N–H and O–H groups in total. The summed E-state index contributed by atoms with van der Waals surface area (Å²) in [6.07, 6.45) is 9.56. The van der Waals surface area contributed by atoms with E-state index >= 15 is 0 Å². The van der Waals surface area contributed by atoms with Crippen LogP contribution in [-0.2, 0) is 4.79 Å². The smallest absolute Gasteiger partial charge is 0.135 e. The zero-order valence-electron chi connectivity index (χ0n) is 8.14. The molecule has 1 fully saturated rings. The Bertz CT molecular complexity index is 140. The summed E-state index contributed by atoms with van der Waals surface area (Å²) < 4.78 is 0. The molecule has 1 aliphatic carbocycles. The first-order valence-corrected chi connectivity index (χ1v) is 5.37. The maximum atomic E-state index is 11.2. The van der Waals surface area contributed by atoms with Crippen LogP contribution in [0.15, 0.2) is 0 Å². The third-order valence-corrected chi connectivity index (χ3v) is 2.84. The van der Waals surface area contributed by atoms with Gasteiger partial charge in [-0.2, -0.15) is 0 Å². The van der Waals surface area contributed by atoms with E-state index in [2.05, 4.69) is 6.92 Å². The van der Waals surface area contributed by atoms with Crippen LogP contribution < -0.4 is 0 Å². The average Bonchev–Trinajstić information content (AvgIpc) is 2.46. The van der Waals surface area contributed by atoms with Crippen molar-refractivity contribution < 1.29 is 4.79 Å². The molecule has 1 heteroatoms. The third kappa shape index (κ3) is 2.96. The molecule has 1 nitrogen and oxygen atoms in total. The van der Waals surface area contributed by atoms with Crippen LogP contribution in [0.25, 0.3) is 0 Å². The van der Waals surface area contributed by atoms with Crippen molar-refractivity contribution in [1.29, 1.82) is 0 Å². The SMILES string of the molecule is CCCCCC[C@H]1CCCC1=O.